The highest BCUT2D eigenvalue weighted by Gasteiger charge is 2.36. The number of hydrogen-bond acceptors (Lipinski definition) is 6. The van der Waals surface area contributed by atoms with E-state index in [0.717, 1.165) is 16.8 Å². The van der Waals surface area contributed by atoms with Gasteiger partial charge >= 0.3 is 6.16 Å². The molecule has 1 aliphatic rings. The van der Waals surface area contributed by atoms with Gasteiger partial charge in [-0.3, -0.25) is 0 Å². The van der Waals surface area contributed by atoms with Gasteiger partial charge in [0.25, 0.3) is 0 Å². The second kappa shape index (κ2) is 9.50. The van der Waals surface area contributed by atoms with Crippen LogP contribution in [0.1, 0.15) is 37.8 Å². The molecule has 0 bridgehead atoms. The van der Waals surface area contributed by atoms with Crippen molar-refractivity contribution in [2.24, 2.45) is 0 Å². The van der Waals surface area contributed by atoms with Gasteiger partial charge in [0.05, 0.1) is 29.9 Å². The SMILES string of the molecule is CCOC(=O)OC1=C(CBr)Nc2ccnc(OC(C)C)c2C1c1ccccc1Cl. The summed E-state index contributed by atoms with van der Waals surface area (Å²) >= 11 is 10.0. The number of aromatic nitrogens is 1. The van der Waals surface area contributed by atoms with E-state index in [-0.39, 0.29) is 12.7 Å². The first kappa shape index (κ1) is 21.5. The number of allylic oxidation sites excluding steroid dienone is 2. The standard InChI is InChI=1S/C21H22BrClN2O4/c1-4-27-21(26)29-19-16(11-22)25-15-9-10-24-20(28-12(2)3)18(15)17(19)13-7-5-6-8-14(13)23/h5-10,12,17,25H,4,11H2,1-3H3. The number of halogens is 2. The van der Waals surface area contributed by atoms with E-state index >= 15 is 0 Å². The Bertz CT molecular complexity index is 933. The number of nitrogens with zero attached hydrogens (tertiary/aromatic N) is 1. The third kappa shape index (κ3) is 4.67. The fourth-order valence-corrected chi connectivity index (χ4v) is 3.81. The molecule has 0 amide bonds. The van der Waals surface area contributed by atoms with Gasteiger partial charge in [0.1, 0.15) is 5.76 Å². The lowest BCUT2D eigenvalue weighted by molar-refractivity contribution is 0.0776. The van der Waals surface area contributed by atoms with Crippen molar-refractivity contribution in [2.75, 3.05) is 17.3 Å². The highest BCUT2D eigenvalue weighted by molar-refractivity contribution is 9.09. The minimum Gasteiger partial charge on any atom is -0.475 e. The minimum absolute atomic E-state index is 0.0862. The fraction of sp³-hybridized carbons (Fsp3) is 0.333. The van der Waals surface area contributed by atoms with Gasteiger partial charge in [-0.05, 0) is 38.5 Å². The van der Waals surface area contributed by atoms with Crippen LogP contribution in [0.25, 0.3) is 0 Å². The van der Waals surface area contributed by atoms with E-state index in [1.807, 2.05) is 38.1 Å². The summed E-state index contributed by atoms with van der Waals surface area (Å²) in [4.78, 5) is 16.6. The topological polar surface area (TPSA) is 69.7 Å². The maximum Gasteiger partial charge on any atom is 0.513 e. The molecule has 1 unspecified atom stereocenters. The van der Waals surface area contributed by atoms with Crippen LogP contribution in [0.2, 0.25) is 5.02 Å². The number of carbonyl (C=O) groups is 1. The number of fused-ring (bicyclic) bond motifs is 1. The van der Waals surface area contributed by atoms with Gasteiger partial charge in [0.2, 0.25) is 5.88 Å². The number of anilines is 1. The van der Waals surface area contributed by atoms with Crippen LogP contribution in [-0.2, 0) is 9.47 Å². The third-order valence-electron chi connectivity index (χ3n) is 4.24. The van der Waals surface area contributed by atoms with Crippen molar-refractivity contribution in [3.05, 3.63) is 64.1 Å². The van der Waals surface area contributed by atoms with Crippen LogP contribution in [0.4, 0.5) is 10.5 Å². The van der Waals surface area contributed by atoms with Crippen LogP contribution >= 0.6 is 27.5 Å². The molecule has 2 heterocycles. The van der Waals surface area contributed by atoms with E-state index in [9.17, 15) is 4.79 Å². The number of alkyl halides is 1. The second-order valence-electron chi connectivity index (χ2n) is 6.58. The molecule has 2 aromatic rings. The molecule has 0 aliphatic carbocycles. The molecule has 29 heavy (non-hydrogen) atoms. The molecule has 1 aromatic heterocycles. The van der Waals surface area contributed by atoms with Crippen LogP contribution in [-0.4, -0.2) is 29.2 Å². The molecular weight excluding hydrogens is 460 g/mol. The van der Waals surface area contributed by atoms with Crippen molar-refractivity contribution in [2.45, 2.75) is 32.8 Å². The average Bonchev–Trinajstić information content (AvgIpc) is 2.68. The Morgan fingerprint density at radius 3 is 2.72 bits per heavy atom. The number of carbonyl (C=O) groups excluding carboxylic acids is 1. The van der Waals surface area contributed by atoms with Crippen LogP contribution in [0.5, 0.6) is 5.88 Å². The molecule has 0 radical (unpaired) electrons. The maximum absolute atomic E-state index is 12.2. The van der Waals surface area contributed by atoms with Gasteiger partial charge in [0.15, 0.2) is 0 Å². The largest absolute Gasteiger partial charge is 0.513 e. The lowest BCUT2D eigenvalue weighted by Crippen LogP contribution is -2.25. The van der Waals surface area contributed by atoms with Crippen molar-refractivity contribution in [3.8, 4) is 5.88 Å². The number of pyridine rings is 1. The molecule has 1 atom stereocenters. The number of benzene rings is 1. The molecule has 0 spiro atoms. The molecular formula is C21H22BrClN2O4. The molecule has 154 valence electrons. The summed E-state index contributed by atoms with van der Waals surface area (Å²) in [5, 5.41) is 4.29. The van der Waals surface area contributed by atoms with E-state index < -0.39 is 12.1 Å². The zero-order valence-corrected chi connectivity index (χ0v) is 18.7. The predicted molar refractivity (Wildman–Crippen MR) is 116 cm³/mol. The van der Waals surface area contributed by atoms with E-state index in [1.165, 1.54) is 0 Å². The summed E-state index contributed by atoms with van der Waals surface area (Å²) in [5.74, 6) is 0.343. The van der Waals surface area contributed by atoms with E-state index in [4.69, 9.17) is 25.8 Å². The lowest BCUT2D eigenvalue weighted by Gasteiger charge is -2.32. The molecule has 1 aliphatic heterocycles. The molecule has 0 fully saturated rings. The Balaban J connectivity index is 2.22. The van der Waals surface area contributed by atoms with E-state index in [2.05, 4.69) is 26.2 Å². The minimum atomic E-state index is -0.779. The van der Waals surface area contributed by atoms with Gasteiger partial charge in [-0.1, -0.05) is 45.7 Å². The summed E-state index contributed by atoms with van der Waals surface area (Å²) in [6.07, 6.45) is 0.811. The Morgan fingerprint density at radius 1 is 1.31 bits per heavy atom. The zero-order valence-electron chi connectivity index (χ0n) is 16.4. The van der Waals surface area contributed by atoms with Gasteiger partial charge in [0, 0.05) is 22.2 Å². The van der Waals surface area contributed by atoms with Crippen LogP contribution in [0.3, 0.4) is 0 Å². The average molecular weight is 482 g/mol. The molecule has 6 nitrogen and oxygen atoms in total. The Labute approximate surface area is 183 Å². The lowest BCUT2D eigenvalue weighted by atomic mass is 9.86. The molecule has 1 N–H and O–H groups in total. The smallest absolute Gasteiger partial charge is 0.475 e. The maximum atomic E-state index is 12.2. The van der Waals surface area contributed by atoms with Crippen molar-refractivity contribution in [1.29, 1.82) is 0 Å². The Morgan fingerprint density at radius 2 is 2.07 bits per heavy atom. The van der Waals surface area contributed by atoms with Gasteiger partial charge in [-0.2, -0.15) is 0 Å². The summed E-state index contributed by atoms with van der Waals surface area (Å²) in [6.45, 7) is 5.79. The number of rotatable bonds is 6. The summed E-state index contributed by atoms with van der Waals surface area (Å²) < 4.78 is 16.6. The first-order valence-electron chi connectivity index (χ1n) is 9.26. The zero-order chi connectivity index (χ0) is 21.0. The summed E-state index contributed by atoms with van der Waals surface area (Å²) in [6, 6.07) is 9.29. The molecule has 1 aromatic carbocycles. The van der Waals surface area contributed by atoms with Crippen LogP contribution in [0.15, 0.2) is 48.0 Å². The van der Waals surface area contributed by atoms with Gasteiger partial charge in [-0.15, -0.1) is 0 Å². The number of nitrogens with one attached hydrogen (secondary N) is 1. The first-order chi connectivity index (χ1) is 14.0. The number of ether oxygens (including phenoxy) is 3. The van der Waals surface area contributed by atoms with Crippen molar-refractivity contribution >= 4 is 39.4 Å². The monoisotopic (exact) mass is 480 g/mol. The van der Waals surface area contributed by atoms with Crippen molar-refractivity contribution in [3.63, 3.8) is 0 Å². The normalized spacial score (nSPS) is 15.6. The first-order valence-corrected chi connectivity index (χ1v) is 10.8. The van der Waals surface area contributed by atoms with E-state index in [1.54, 1.807) is 19.2 Å². The van der Waals surface area contributed by atoms with Gasteiger partial charge < -0.3 is 19.5 Å². The van der Waals surface area contributed by atoms with Crippen molar-refractivity contribution < 1.29 is 19.0 Å². The molecule has 8 heteroatoms. The molecule has 0 saturated heterocycles. The van der Waals surface area contributed by atoms with Gasteiger partial charge in [-0.25, -0.2) is 9.78 Å². The third-order valence-corrected chi connectivity index (χ3v) is 5.15. The number of hydrogen-bond donors (Lipinski definition) is 1. The Kier molecular flexibility index (Phi) is 7.03. The quantitative estimate of drug-likeness (QED) is 0.412. The Hall–Kier alpha value is -2.25. The summed E-state index contributed by atoms with van der Waals surface area (Å²) in [7, 11) is 0. The highest BCUT2D eigenvalue weighted by Crippen LogP contribution is 2.47. The fourth-order valence-electron chi connectivity index (χ4n) is 3.15. The second-order valence-corrected chi connectivity index (χ2v) is 7.55. The highest BCUT2D eigenvalue weighted by atomic mass is 79.9. The summed E-state index contributed by atoms with van der Waals surface area (Å²) in [5.41, 5.74) is 3.03. The van der Waals surface area contributed by atoms with Crippen molar-refractivity contribution in [1.82, 2.24) is 4.98 Å². The molecule has 0 saturated carbocycles. The van der Waals surface area contributed by atoms with E-state index in [0.29, 0.717) is 27.7 Å². The molecule has 3 rings (SSSR count). The predicted octanol–water partition coefficient (Wildman–Crippen LogP) is 5.86. The van der Waals surface area contributed by atoms with Crippen LogP contribution in [0, 0.1) is 0 Å². The van der Waals surface area contributed by atoms with Crippen LogP contribution < -0.4 is 10.1 Å².